The van der Waals surface area contributed by atoms with Crippen molar-refractivity contribution in [1.29, 1.82) is 0 Å². The zero-order valence-electron chi connectivity index (χ0n) is 8.72. The first kappa shape index (κ1) is 10.4. The van der Waals surface area contributed by atoms with E-state index in [9.17, 15) is 4.70 Å². The van der Waals surface area contributed by atoms with Crippen molar-refractivity contribution in [1.82, 2.24) is 4.90 Å². The molecule has 0 amide bonds. The van der Waals surface area contributed by atoms with Crippen LogP contribution in [0, 0.1) is 0 Å². The summed E-state index contributed by atoms with van der Waals surface area (Å²) >= 11 is 0. The van der Waals surface area contributed by atoms with Crippen LogP contribution in [-0.4, -0.2) is 29.8 Å². The van der Waals surface area contributed by atoms with Crippen molar-refractivity contribution in [2.24, 2.45) is 0 Å². The van der Waals surface area contributed by atoms with Gasteiger partial charge in [-0.3, -0.25) is 4.90 Å². The van der Waals surface area contributed by atoms with Gasteiger partial charge in [0.1, 0.15) is 0 Å². The molecule has 0 atom stereocenters. The number of hydrogen-bond acceptors (Lipinski definition) is 2. The molecule has 0 aliphatic carbocycles. The Hall–Kier alpha value is -1.16. The van der Waals surface area contributed by atoms with Crippen molar-refractivity contribution in [2.75, 3.05) is 13.1 Å². The van der Waals surface area contributed by atoms with Crippen molar-refractivity contribution < 1.29 is 9.73 Å². The van der Waals surface area contributed by atoms with Crippen LogP contribution >= 0.6 is 0 Å². The van der Waals surface area contributed by atoms with Crippen molar-refractivity contribution in [3.8, 4) is 0 Å². The highest BCUT2D eigenvalue weighted by molar-refractivity contribution is 6.52. The van der Waals surface area contributed by atoms with Gasteiger partial charge in [0.05, 0.1) is 0 Å². The molecule has 80 valence electrons. The minimum atomic E-state index is -1.61. The minimum Gasteiger partial charge on any atom is -0.734 e. The molecule has 1 aromatic carbocycles. The van der Waals surface area contributed by atoms with Gasteiger partial charge in [0, 0.05) is 6.54 Å². The second-order valence-corrected chi connectivity index (χ2v) is 4.03. The molecule has 0 aromatic heterocycles. The second-order valence-electron chi connectivity index (χ2n) is 4.03. The minimum absolute atomic E-state index is 0.518. The van der Waals surface area contributed by atoms with E-state index in [1.54, 1.807) is 12.1 Å². The summed E-state index contributed by atoms with van der Waals surface area (Å²) in [6, 6.07) is 7.35. The molecule has 0 unspecified atom stereocenters. The molecule has 0 saturated carbocycles. The van der Waals surface area contributed by atoms with E-state index in [4.69, 9.17) is 5.02 Å². The van der Waals surface area contributed by atoms with Gasteiger partial charge < -0.3 is 9.73 Å². The summed E-state index contributed by atoms with van der Waals surface area (Å²) in [6.07, 6.45) is 2.48. The SMILES string of the molecule is O=[B-](O)c1ccccc1CN1CCCC1. The average molecular weight is 204 g/mol. The number of likely N-dealkylation sites (tertiary alicyclic amines) is 1. The van der Waals surface area contributed by atoms with Crippen molar-refractivity contribution in [2.45, 2.75) is 19.4 Å². The lowest BCUT2D eigenvalue weighted by Gasteiger charge is -2.19. The van der Waals surface area contributed by atoms with Crippen LogP contribution in [0.1, 0.15) is 18.4 Å². The van der Waals surface area contributed by atoms with Gasteiger partial charge in [-0.05, 0) is 25.9 Å². The van der Waals surface area contributed by atoms with E-state index in [-0.39, 0.29) is 0 Å². The molecule has 0 radical (unpaired) electrons. The van der Waals surface area contributed by atoms with E-state index in [1.165, 1.54) is 12.8 Å². The lowest BCUT2D eigenvalue weighted by atomic mass is 9.81. The van der Waals surface area contributed by atoms with Crippen molar-refractivity contribution in [3.63, 3.8) is 0 Å². The maximum atomic E-state index is 11.1. The first-order valence-corrected chi connectivity index (χ1v) is 5.41. The highest BCUT2D eigenvalue weighted by Crippen LogP contribution is 2.11. The monoisotopic (exact) mass is 204 g/mol. The molecule has 1 heterocycles. The first-order valence-electron chi connectivity index (χ1n) is 5.41. The molecule has 15 heavy (non-hydrogen) atoms. The molecule has 4 heteroatoms. The summed E-state index contributed by atoms with van der Waals surface area (Å²) in [5.41, 5.74) is 1.48. The van der Waals surface area contributed by atoms with E-state index in [0.29, 0.717) is 5.46 Å². The van der Waals surface area contributed by atoms with Crippen molar-refractivity contribution in [3.05, 3.63) is 29.8 Å². The third-order valence-electron chi connectivity index (χ3n) is 2.91. The molecule has 0 bridgehead atoms. The van der Waals surface area contributed by atoms with Gasteiger partial charge in [0.2, 0.25) is 0 Å². The van der Waals surface area contributed by atoms with Crippen LogP contribution in [0.15, 0.2) is 24.3 Å². The van der Waals surface area contributed by atoms with Gasteiger partial charge in [-0.2, -0.15) is 0 Å². The van der Waals surface area contributed by atoms with E-state index in [0.717, 1.165) is 25.2 Å². The predicted molar refractivity (Wildman–Crippen MR) is 59.2 cm³/mol. The highest BCUT2D eigenvalue weighted by Gasteiger charge is 2.12. The van der Waals surface area contributed by atoms with Crippen LogP contribution in [0.4, 0.5) is 0 Å². The standard InChI is InChI=1S/C11H15BNO2/c14-12(15)11-6-2-1-5-10(11)9-13-7-3-4-8-13/h1-2,5-6,14H,3-4,7-9H2/q-1. The summed E-state index contributed by atoms with van der Waals surface area (Å²) in [4.78, 5) is 2.32. The lowest BCUT2D eigenvalue weighted by molar-refractivity contribution is 0.332. The normalized spacial score (nSPS) is 16.8. The Kier molecular flexibility index (Phi) is 3.16. The molecule has 1 aliphatic heterocycles. The van der Waals surface area contributed by atoms with E-state index in [1.807, 2.05) is 12.1 Å². The Balaban J connectivity index is 2.15. The molecule has 1 aromatic rings. The molecular weight excluding hydrogens is 189 g/mol. The summed E-state index contributed by atoms with van der Waals surface area (Å²) < 4.78 is 11.1. The molecular formula is C11H15BNO2-. The Morgan fingerprint density at radius 3 is 2.60 bits per heavy atom. The number of rotatable bonds is 3. The van der Waals surface area contributed by atoms with E-state index >= 15 is 0 Å². The quantitative estimate of drug-likeness (QED) is 0.724. The van der Waals surface area contributed by atoms with Crippen LogP contribution in [0.25, 0.3) is 0 Å². The van der Waals surface area contributed by atoms with Gasteiger partial charge in [-0.1, -0.05) is 29.8 Å². The first-order chi connectivity index (χ1) is 7.27. The maximum Gasteiger partial charge on any atom is 0.307 e. The zero-order chi connectivity index (χ0) is 10.7. The topological polar surface area (TPSA) is 40.5 Å². The lowest BCUT2D eigenvalue weighted by Crippen LogP contribution is -2.29. The maximum absolute atomic E-state index is 11.1. The van der Waals surface area contributed by atoms with Crippen molar-refractivity contribution >= 4 is 12.2 Å². The third kappa shape index (κ3) is 2.45. The van der Waals surface area contributed by atoms with Crippen LogP contribution in [0.3, 0.4) is 0 Å². The second kappa shape index (κ2) is 4.58. The Morgan fingerprint density at radius 1 is 1.27 bits per heavy atom. The fourth-order valence-electron chi connectivity index (χ4n) is 2.10. The van der Waals surface area contributed by atoms with Crippen LogP contribution < -0.4 is 5.46 Å². The van der Waals surface area contributed by atoms with E-state index in [2.05, 4.69) is 4.90 Å². The summed E-state index contributed by atoms with van der Waals surface area (Å²) in [5.74, 6) is 0. The molecule has 2 rings (SSSR count). The van der Waals surface area contributed by atoms with Crippen LogP contribution in [0.5, 0.6) is 0 Å². The fourth-order valence-corrected chi connectivity index (χ4v) is 2.10. The van der Waals surface area contributed by atoms with Gasteiger partial charge in [-0.25, -0.2) is 0 Å². The zero-order valence-corrected chi connectivity index (χ0v) is 8.72. The number of hydrogen-bond donors (Lipinski definition) is 1. The molecule has 1 aliphatic rings. The van der Waals surface area contributed by atoms with Gasteiger partial charge in [0.25, 0.3) is 0 Å². The van der Waals surface area contributed by atoms with Gasteiger partial charge in [-0.15, -0.1) is 5.46 Å². The van der Waals surface area contributed by atoms with Crippen LogP contribution in [-0.2, 0) is 11.2 Å². The largest absolute Gasteiger partial charge is 0.734 e. The molecule has 1 fully saturated rings. The third-order valence-corrected chi connectivity index (χ3v) is 2.91. The van der Waals surface area contributed by atoms with Gasteiger partial charge in [0.15, 0.2) is 0 Å². The Bertz CT molecular complexity index is 361. The molecule has 1 N–H and O–H groups in total. The average Bonchev–Trinajstić information content (AvgIpc) is 2.71. The number of benzene rings is 1. The van der Waals surface area contributed by atoms with E-state index < -0.39 is 6.79 Å². The predicted octanol–water partition coefficient (Wildman–Crippen LogP) is 0.400. The summed E-state index contributed by atoms with van der Waals surface area (Å²) in [5, 5.41) is 9.10. The van der Waals surface area contributed by atoms with Gasteiger partial charge >= 0.3 is 6.79 Å². The summed E-state index contributed by atoms with van der Waals surface area (Å²) in [6.45, 7) is 1.38. The number of nitrogens with zero attached hydrogens (tertiary/aromatic N) is 1. The van der Waals surface area contributed by atoms with Crippen LogP contribution in [0.2, 0.25) is 0 Å². The molecule has 1 saturated heterocycles. The Labute approximate surface area is 89.8 Å². The fraction of sp³-hybridized carbons (Fsp3) is 0.455. The molecule has 0 spiro atoms. The Morgan fingerprint density at radius 2 is 1.93 bits per heavy atom. The summed E-state index contributed by atoms with van der Waals surface area (Å²) in [7, 11) is 0. The highest BCUT2D eigenvalue weighted by atomic mass is 16.3. The molecule has 3 nitrogen and oxygen atoms in total. The smallest absolute Gasteiger partial charge is 0.307 e.